The fraction of sp³-hybridized carbons (Fsp3) is 0.423. The number of ether oxygens (including phenoxy) is 1. The van der Waals surface area contributed by atoms with E-state index in [0.29, 0.717) is 42.0 Å². The molecule has 2 atom stereocenters. The molecule has 2 heterocycles. The van der Waals surface area contributed by atoms with Crippen LogP contribution in [0, 0.1) is 0 Å². The number of carbonyl (C=O) groups excluding carboxylic acids is 2. The number of hydrogen-bond donors (Lipinski definition) is 2. The number of nitrogens with one attached hydrogen (secondary N) is 2. The molecule has 1 aliphatic heterocycles. The Balaban J connectivity index is 1.52. The first kappa shape index (κ1) is 28.0. The van der Waals surface area contributed by atoms with Gasteiger partial charge in [0.25, 0.3) is 5.82 Å². The van der Waals surface area contributed by atoms with Crippen LogP contribution in [0.4, 0.5) is 13.2 Å². The minimum Gasteiger partial charge on any atom is -0.496 e. The van der Waals surface area contributed by atoms with Crippen molar-refractivity contribution in [2.24, 2.45) is 0 Å². The number of carbonyl (C=O) groups is 2. The molecule has 1 saturated heterocycles. The van der Waals surface area contributed by atoms with Gasteiger partial charge in [-0.3, -0.25) is 9.59 Å². The molecule has 0 radical (unpaired) electrons. The number of halogens is 3. The number of rotatable bonds is 9. The number of benzene rings is 2. The van der Waals surface area contributed by atoms with E-state index in [9.17, 15) is 22.8 Å². The van der Waals surface area contributed by atoms with Crippen molar-refractivity contribution in [1.82, 2.24) is 35.7 Å². The fourth-order valence-corrected chi connectivity index (χ4v) is 4.78. The van der Waals surface area contributed by atoms with Crippen molar-refractivity contribution in [2.45, 2.75) is 44.4 Å². The van der Waals surface area contributed by atoms with Crippen LogP contribution in [0.15, 0.2) is 48.5 Å². The van der Waals surface area contributed by atoms with Crippen LogP contribution in [0.2, 0.25) is 0 Å². The number of hydrogen-bond acceptors (Lipinski definition) is 7. The van der Waals surface area contributed by atoms with Crippen LogP contribution in [-0.2, 0) is 22.3 Å². The summed E-state index contributed by atoms with van der Waals surface area (Å²) in [6.07, 6.45) is -3.82. The van der Waals surface area contributed by atoms with E-state index in [1.807, 2.05) is 35.2 Å². The number of likely N-dealkylation sites (tertiary alicyclic amines) is 1. The molecule has 1 aliphatic rings. The van der Waals surface area contributed by atoms with Gasteiger partial charge in [-0.05, 0) is 40.6 Å². The van der Waals surface area contributed by atoms with E-state index in [-0.39, 0.29) is 42.4 Å². The predicted molar refractivity (Wildman–Crippen MR) is 135 cm³/mol. The molecule has 2 aromatic carbocycles. The second-order valence-corrected chi connectivity index (χ2v) is 9.27. The lowest BCUT2D eigenvalue weighted by molar-refractivity contribution is -0.146. The lowest BCUT2D eigenvalue weighted by Crippen LogP contribution is -2.50. The third-order valence-electron chi connectivity index (χ3n) is 6.69. The zero-order valence-corrected chi connectivity index (χ0v) is 21.6. The maximum Gasteiger partial charge on any atom is 0.453 e. The van der Waals surface area contributed by atoms with Crippen LogP contribution in [0.3, 0.4) is 0 Å². The molecule has 3 aromatic rings. The number of methoxy groups -OCH3 is 1. The highest BCUT2D eigenvalue weighted by atomic mass is 19.4. The Morgan fingerprint density at radius 3 is 2.62 bits per heavy atom. The van der Waals surface area contributed by atoms with Crippen LogP contribution in [0.5, 0.6) is 5.75 Å². The van der Waals surface area contributed by atoms with Gasteiger partial charge >= 0.3 is 6.18 Å². The Labute approximate surface area is 223 Å². The molecular formula is C26H30F3N7O3. The van der Waals surface area contributed by atoms with Gasteiger partial charge < -0.3 is 20.3 Å². The number of piperidine rings is 1. The van der Waals surface area contributed by atoms with Gasteiger partial charge in [-0.15, -0.1) is 5.10 Å². The van der Waals surface area contributed by atoms with Crippen molar-refractivity contribution >= 4 is 11.8 Å². The third kappa shape index (κ3) is 6.91. The average Bonchev–Trinajstić information content (AvgIpc) is 3.43. The van der Waals surface area contributed by atoms with E-state index in [2.05, 4.69) is 26.2 Å². The summed E-state index contributed by atoms with van der Waals surface area (Å²) in [7, 11) is 1.49. The number of nitrogens with zero attached hydrogens (tertiary/aromatic N) is 5. The van der Waals surface area contributed by atoms with Gasteiger partial charge in [-0.25, -0.2) is 0 Å². The van der Waals surface area contributed by atoms with Gasteiger partial charge in [0.05, 0.1) is 12.8 Å². The van der Waals surface area contributed by atoms with Crippen molar-refractivity contribution in [3.8, 4) is 11.4 Å². The number of alkyl halides is 3. The first-order valence-corrected chi connectivity index (χ1v) is 12.5. The van der Waals surface area contributed by atoms with Crippen LogP contribution in [0.1, 0.15) is 42.6 Å². The highest BCUT2D eigenvalue weighted by Gasteiger charge is 2.38. The maximum absolute atomic E-state index is 13.4. The fourth-order valence-electron chi connectivity index (χ4n) is 4.78. The Morgan fingerprint density at radius 2 is 1.92 bits per heavy atom. The predicted octanol–water partition coefficient (Wildman–Crippen LogP) is 2.69. The van der Waals surface area contributed by atoms with Crippen molar-refractivity contribution in [3.05, 3.63) is 65.5 Å². The van der Waals surface area contributed by atoms with Crippen molar-refractivity contribution in [2.75, 3.05) is 26.7 Å². The minimum atomic E-state index is -4.71. The largest absolute Gasteiger partial charge is 0.496 e. The Hall–Kier alpha value is -4.00. The molecular weight excluding hydrogens is 515 g/mol. The highest BCUT2D eigenvalue weighted by molar-refractivity contribution is 5.78. The Kier molecular flexibility index (Phi) is 8.79. The summed E-state index contributed by atoms with van der Waals surface area (Å²) in [6, 6.07) is 14.4. The van der Waals surface area contributed by atoms with Gasteiger partial charge in [0.15, 0.2) is 0 Å². The quantitative estimate of drug-likeness (QED) is 0.425. The molecule has 2 amide bonds. The molecule has 1 aromatic heterocycles. The summed E-state index contributed by atoms with van der Waals surface area (Å²) in [5.41, 5.74) is 1.86. The van der Waals surface area contributed by atoms with Crippen LogP contribution < -0.4 is 15.4 Å². The number of aromatic nitrogens is 4. The molecule has 0 bridgehead atoms. The molecule has 10 nitrogen and oxygen atoms in total. The molecule has 0 aliphatic carbocycles. The van der Waals surface area contributed by atoms with Crippen molar-refractivity contribution < 1.29 is 27.5 Å². The number of amides is 2. The lowest BCUT2D eigenvalue weighted by Gasteiger charge is -2.39. The summed E-state index contributed by atoms with van der Waals surface area (Å²) >= 11 is 0. The van der Waals surface area contributed by atoms with E-state index in [1.54, 1.807) is 12.1 Å². The Morgan fingerprint density at radius 1 is 1.15 bits per heavy atom. The number of tetrazole rings is 1. The van der Waals surface area contributed by atoms with E-state index < -0.39 is 12.0 Å². The molecule has 2 N–H and O–H groups in total. The maximum atomic E-state index is 13.4. The van der Waals surface area contributed by atoms with E-state index in [4.69, 9.17) is 4.74 Å². The smallest absolute Gasteiger partial charge is 0.453 e. The normalized spacial score (nSPS) is 17.6. The summed E-state index contributed by atoms with van der Waals surface area (Å²) in [4.78, 5) is 25.8. The molecule has 0 saturated carbocycles. The van der Waals surface area contributed by atoms with Crippen molar-refractivity contribution in [1.29, 1.82) is 0 Å². The zero-order chi connectivity index (χ0) is 28.0. The molecule has 39 heavy (non-hydrogen) atoms. The summed E-state index contributed by atoms with van der Waals surface area (Å²) in [6.45, 7) is 3.05. The highest BCUT2D eigenvalue weighted by Crippen LogP contribution is 2.31. The molecule has 1 fully saturated rings. The van der Waals surface area contributed by atoms with Gasteiger partial charge in [-0.2, -0.15) is 17.9 Å². The first-order valence-electron chi connectivity index (χ1n) is 12.5. The van der Waals surface area contributed by atoms with Crippen LogP contribution in [-0.4, -0.2) is 69.7 Å². The van der Waals surface area contributed by atoms with Crippen LogP contribution >= 0.6 is 0 Å². The second kappa shape index (κ2) is 12.2. The van der Waals surface area contributed by atoms with Crippen molar-refractivity contribution in [3.63, 3.8) is 0 Å². The average molecular weight is 546 g/mol. The van der Waals surface area contributed by atoms with Gasteiger partial charge in [0.2, 0.25) is 11.8 Å². The van der Waals surface area contributed by atoms with Gasteiger partial charge in [-0.1, -0.05) is 30.3 Å². The summed E-state index contributed by atoms with van der Waals surface area (Å²) in [5, 5.41) is 16.0. The second-order valence-electron chi connectivity index (χ2n) is 9.27. The zero-order valence-electron chi connectivity index (χ0n) is 21.6. The first-order chi connectivity index (χ1) is 18.7. The van der Waals surface area contributed by atoms with E-state index in [1.165, 1.54) is 20.1 Å². The molecule has 13 heteroatoms. The topological polar surface area (TPSA) is 114 Å². The molecule has 0 spiro atoms. The Bertz CT molecular complexity index is 1280. The summed E-state index contributed by atoms with van der Waals surface area (Å²) in [5.74, 6) is -0.933. The molecule has 0 unspecified atom stereocenters. The SMILES string of the molecule is COc1ccc(-n2nnnc2C(F)(F)F)cc1CN[C@@H]1CCN(C(=O)CCNC(C)=O)C[C@@H]1c1ccccc1. The summed E-state index contributed by atoms with van der Waals surface area (Å²) < 4.78 is 46.2. The lowest BCUT2D eigenvalue weighted by atomic mass is 9.85. The standard InChI is InChI=1S/C26H30F3N7O3/c1-17(37)30-12-10-24(38)35-13-11-22(21(16-35)18-6-4-3-5-7-18)31-15-19-14-20(8-9-23(19)39-2)36-25(26(27,28)29)32-33-34-36/h3-9,14,21-22,31H,10-13,15-16H2,1-2H3,(H,30,37)/t21-,22-/m1/s1. The van der Waals surface area contributed by atoms with Gasteiger partial charge in [0, 0.05) is 57.0 Å². The minimum absolute atomic E-state index is 0.0149. The molecule has 4 rings (SSSR count). The van der Waals surface area contributed by atoms with Gasteiger partial charge in [0.1, 0.15) is 5.75 Å². The van der Waals surface area contributed by atoms with Crippen LogP contribution in [0.25, 0.3) is 5.69 Å². The van der Waals surface area contributed by atoms with E-state index >= 15 is 0 Å². The third-order valence-corrected chi connectivity index (χ3v) is 6.69. The molecule has 208 valence electrons. The monoisotopic (exact) mass is 545 g/mol. The van der Waals surface area contributed by atoms with E-state index in [0.717, 1.165) is 5.56 Å².